The van der Waals surface area contributed by atoms with Crippen LogP contribution in [-0.4, -0.2) is 51.9 Å². The minimum atomic E-state index is 0.0714. The van der Waals surface area contributed by atoms with Crippen LogP contribution in [0.3, 0.4) is 0 Å². The van der Waals surface area contributed by atoms with Crippen LogP contribution in [-0.2, 0) is 11.3 Å². The number of fused-ring (bicyclic) bond motifs is 1. The Balaban J connectivity index is 1.37. The number of nitrogens with zero attached hydrogens (tertiary/aromatic N) is 4. The molecule has 1 saturated heterocycles. The topological polar surface area (TPSA) is 75.4 Å². The van der Waals surface area contributed by atoms with Gasteiger partial charge in [-0.25, -0.2) is 9.97 Å². The molecule has 2 unspecified atom stereocenters. The number of nitrogen functional groups attached to an aromatic ring is 1. The van der Waals surface area contributed by atoms with Crippen molar-refractivity contribution >= 4 is 22.6 Å². The van der Waals surface area contributed by atoms with Crippen LogP contribution in [0.2, 0.25) is 0 Å². The Morgan fingerprint density at radius 1 is 1.17 bits per heavy atom. The maximum absolute atomic E-state index is 13.1. The number of rotatable bonds is 4. The number of benzene rings is 1. The van der Waals surface area contributed by atoms with E-state index < -0.39 is 0 Å². The highest BCUT2D eigenvalue weighted by atomic mass is 16.2. The van der Waals surface area contributed by atoms with Crippen molar-refractivity contribution in [2.24, 2.45) is 17.3 Å². The van der Waals surface area contributed by atoms with E-state index in [9.17, 15) is 4.79 Å². The second-order valence-electron chi connectivity index (χ2n) is 9.21. The molecule has 1 aromatic heterocycles. The van der Waals surface area contributed by atoms with Crippen molar-refractivity contribution < 1.29 is 4.79 Å². The lowest BCUT2D eigenvalue weighted by molar-refractivity contribution is -0.135. The largest absolute Gasteiger partial charge is 0.383 e. The molecule has 2 N–H and O–H groups in total. The normalized spacial score (nSPS) is 23.8. The first-order valence-corrected chi connectivity index (χ1v) is 10.4. The average molecular weight is 394 g/mol. The predicted molar refractivity (Wildman–Crippen MR) is 116 cm³/mol. The third kappa shape index (κ3) is 3.86. The Morgan fingerprint density at radius 2 is 1.86 bits per heavy atom. The number of amides is 1. The summed E-state index contributed by atoms with van der Waals surface area (Å²) < 4.78 is 0. The maximum Gasteiger partial charge on any atom is 0.226 e. The van der Waals surface area contributed by atoms with Gasteiger partial charge in [-0.2, -0.15) is 0 Å². The first-order valence-electron chi connectivity index (χ1n) is 10.4. The number of anilines is 1. The fraction of sp³-hybridized carbons (Fsp3) is 0.522. The fourth-order valence-electron chi connectivity index (χ4n) is 4.56. The van der Waals surface area contributed by atoms with E-state index in [1.165, 1.54) is 5.57 Å². The van der Waals surface area contributed by atoms with Crippen LogP contribution in [0, 0.1) is 17.3 Å². The standard InChI is InChI=1S/C23H31N5O/c1-15(2)13-17-20(23(17,3)4)22(29)28-11-9-27(10-12-28)14-19-25-18-8-6-5-7-16(18)21(24)26-19/h5-8,13,17,20H,9-12,14H2,1-4H3,(H2,24,25,26). The number of allylic oxidation sites excluding steroid dienone is 2. The second kappa shape index (κ2) is 7.41. The van der Waals surface area contributed by atoms with Crippen LogP contribution >= 0.6 is 0 Å². The van der Waals surface area contributed by atoms with Crippen molar-refractivity contribution in [2.45, 2.75) is 34.2 Å². The van der Waals surface area contributed by atoms with Crippen LogP contribution in [0.4, 0.5) is 5.82 Å². The van der Waals surface area contributed by atoms with Crippen molar-refractivity contribution in [3.63, 3.8) is 0 Å². The number of hydrogen-bond acceptors (Lipinski definition) is 5. The molecule has 1 aliphatic carbocycles. The quantitative estimate of drug-likeness (QED) is 0.808. The third-order valence-corrected chi connectivity index (χ3v) is 6.42. The van der Waals surface area contributed by atoms with E-state index >= 15 is 0 Å². The Hall–Kier alpha value is -2.47. The van der Waals surface area contributed by atoms with Crippen LogP contribution in [0.1, 0.15) is 33.5 Å². The van der Waals surface area contributed by atoms with Crippen molar-refractivity contribution in [1.29, 1.82) is 0 Å². The number of aromatic nitrogens is 2. The minimum Gasteiger partial charge on any atom is -0.383 e. The first-order chi connectivity index (χ1) is 13.8. The molecule has 29 heavy (non-hydrogen) atoms. The third-order valence-electron chi connectivity index (χ3n) is 6.42. The Labute approximate surface area is 172 Å². The van der Waals surface area contributed by atoms with Gasteiger partial charge in [0, 0.05) is 31.6 Å². The van der Waals surface area contributed by atoms with Crippen molar-refractivity contribution in [1.82, 2.24) is 19.8 Å². The summed E-state index contributed by atoms with van der Waals surface area (Å²) in [4.78, 5) is 26.5. The van der Waals surface area contributed by atoms with Crippen LogP contribution in [0.25, 0.3) is 10.9 Å². The molecule has 2 fully saturated rings. The van der Waals surface area contributed by atoms with Gasteiger partial charge in [-0.1, -0.05) is 37.6 Å². The van der Waals surface area contributed by atoms with Gasteiger partial charge in [-0.3, -0.25) is 9.69 Å². The molecule has 4 rings (SSSR count). The minimum absolute atomic E-state index is 0.0714. The molecule has 1 aliphatic heterocycles. The van der Waals surface area contributed by atoms with E-state index in [1.807, 2.05) is 29.2 Å². The zero-order valence-corrected chi connectivity index (χ0v) is 17.9. The average Bonchev–Trinajstić information content (AvgIpc) is 3.21. The highest BCUT2D eigenvalue weighted by molar-refractivity contribution is 5.87. The summed E-state index contributed by atoms with van der Waals surface area (Å²) in [5.74, 6) is 2.07. The molecule has 154 valence electrons. The molecule has 6 heteroatoms. The molecular formula is C23H31N5O. The first kappa shape index (κ1) is 19.8. The number of piperazine rings is 1. The maximum atomic E-state index is 13.1. The molecule has 2 atom stereocenters. The molecule has 1 amide bonds. The van der Waals surface area contributed by atoms with Gasteiger partial charge < -0.3 is 10.6 Å². The van der Waals surface area contributed by atoms with E-state index in [0.29, 0.717) is 24.2 Å². The molecular weight excluding hydrogens is 362 g/mol. The van der Waals surface area contributed by atoms with E-state index in [0.717, 1.165) is 42.9 Å². The molecule has 1 saturated carbocycles. The van der Waals surface area contributed by atoms with Gasteiger partial charge in [-0.15, -0.1) is 0 Å². The number of carbonyl (C=O) groups excluding carboxylic acids is 1. The van der Waals surface area contributed by atoms with Gasteiger partial charge in [0.15, 0.2) is 0 Å². The Kier molecular flexibility index (Phi) is 5.07. The van der Waals surface area contributed by atoms with Crippen LogP contribution in [0.15, 0.2) is 35.9 Å². The zero-order chi connectivity index (χ0) is 20.8. The van der Waals surface area contributed by atoms with Crippen LogP contribution < -0.4 is 5.73 Å². The molecule has 6 nitrogen and oxygen atoms in total. The highest BCUT2D eigenvalue weighted by Crippen LogP contribution is 2.60. The molecule has 0 radical (unpaired) electrons. The summed E-state index contributed by atoms with van der Waals surface area (Å²) in [7, 11) is 0. The highest BCUT2D eigenvalue weighted by Gasteiger charge is 2.61. The number of hydrogen-bond donors (Lipinski definition) is 1. The molecule has 2 aromatic rings. The van der Waals surface area contributed by atoms with Gasteiger partial charge in [0.25, 0.3) is 0 Å². The molecule has 1 aromatic carbocycles. The summed E-state index contributed by atoms with van der Waals surface area (Å²) in [6.07, 6.45) is 2.26. The smallest absolute Gasteiger partial charge is 0.226 e. The summed E-state index contributed by atoms with van der Waals surface area (Å²) in [5, 5.41) is 0.893. The summed E-state index contributed by atoms with van der Waals surface area (Å²) in [5.41, 5.74) is 8.35. The van der Waals surface area contributed by atoms with Crippen molar-refractivity contribution in [2.75, 3.05) is 31.9 Å². The lowest BCUT2D eigenvalue weighted by atomic mass is 10.1. The van der Waals surface area contributed by atoms with Gasteiger partial charge in [0.2, 0.25) is 5.91 Å². The molecule has 2 aliphatic rings. The number of nitrogens with two attached hydrogens (primary N) is 1. The van der Waals surface area contributed by atoms with E-state index in [-0.39, 0.29) is 11.3 Å². The summed E-state index contributed by atoms with van der Waals surface area (Å²) >= 11 is 0. The number of carbonyl (C=O) groups is 1. The lowest BCUT2D eigenvalue weighted by Gasteiger charge is -2.34. The zero-order valence-electron chi connectivity index (χ0n) is 17.9. The molecule has 0 spiro atoms. The lowest BCUT2D eigenvalue weighted by Crippen LogP contribution is -2.49. The van der Waals surface area contributed by atoms with Gasteiger partial charge >= 0.3 is 0 Å². The van der Waals surface area contributed by atoms with Gasteiger partial charge in [0.1, 0.15) is 11.6 Å². The van der Waals surface area contributed by atoms with Crippen molar-refractivity contribution in [3.05, 3.63) is 41.7 Å². The Bertz CT molecular complexity index is 955. The Morgan fingerprint density at radius 3 is 2.55 bits per heavy atom. The predicted octanol–water partition coefficient (Wildman–Crippen LogP) is 3.09. The molecule has 0 bridgehead atoms. The fourth-order valence-corrected chi connectivity index (χ4v) is 4.56. The summed E-state index contributed by atoms with van der Waals surface area (Å²) in [6.45, 7) is 12.5. The van der Waals surface area contributed by atoms with Gasteiger partial charge in [0.05, 0.1) is 18.0 Å². The van der Waals surface area contributed by atoms with Crippen LogP contribution in [0.5, 0.6) is 0 Å². The van der Waals surface area contributed by atoms with E-state index in [1.54, 1.807) is 0 Å². The molecule has 2 heterocycles. The van der Waals surface area contributed by atoms with Crippen molar-refractivity contribution in [3.8, 4) is 0 Å². The van der Waals surface area contributed by atoms with Gasteiger partial charge in [-0.05, 0) is 37.3 Å². The SMILES string of the molecule is CC(C)=CC1C(C(=O)N2CCN(Cc3nc(N)c4ccccc4n3)CC2)C1(C)C. The summed E-state index contributed by atoms with van der Waals surface area (Å²) in [6, 6.07) is 7.82. The number of para-hydroxylation sites is 1. The van der Waals surface area contributed by atoms with E-state index in [2.05, 4.69) is 48.6 Å². The van der Waals surface area contributed by atoms with E-state index in [4.69, 9.17) is 5.73 Å². The monoisotopic (exact) mass is 393 g/mol. The second-order valence-corrected chi connectivity index (χ2v) is 9.21.